The molecule has 0 saturated heterocycles. The molecule has 0 heterocycles. The summed E-state index contributed by atoms with van der Waals surface area (Å²) in [6, 6.07) is 0. The zero-order valence-corrected chi connectivity index (χ0v) is 14.2. The van der Waals surface area contributed by atoms with Crippen molar-refractivity contribution in [1.82, 2.24) is 0 Å². The van der Waals surface area contributed by atoms with E-state index < -0.39 is 5.97 Å². The highest BCUT2D eigenvalue weighted by Gasteiger charge is 2.16. The second-order valence-corrected chi connectivity index (χ2v) is 6.39. The summed E-state index contributed by atoms with van der Waals surface area (Å²) in [5.41, 5.74) is 0. The van der Waals surface area contributed by atoms with Crippen LogP contribution in [0.3, 0.4) is 0 Å². The van der Waals surface area contributed by atoms with Crippen molar-refractivity contribution in [2.24, 2.45) is 23.7 Å². The zero-order valence-electron chi connectivity index (χ0n) is 14.2. The molecule has 0 aromatic carbocycles. The number of aliphatic hydroxyl groups excluding tert-OH is 1. The van der Waals surface area contributed by atoms with Gasteiger partial charge in [0, 0.05) is 6.61 Å². The number of allylic oxidation sites excluding steroid dienone is 2. The summed E-state index contributed by atoms with van der Waals surface area (Å²) in [6.07, 6.45) is 6.90. The van der Waals surface area contributed by atoms with Crippen LogP contribution < -0.4 is 0 Å². The molecule has 0 aliphatic carbocycles. The number of rotatable bonds is 10. The number of carboxylic acid groups (broad SMARTS) is 1. The van der Waals surface area contributed by atoms with Crippen LogP contribution >= 0.6 is 0 Å². The lowest BCUT2D eigenvalue weighted by atomic mass is 9.94. The van der Waals surface area contributed by atoms with Gasteiger partial charge in [-0.15, -0.1) is 13.2 Å². The largest absolute Gasteiger partial charge is 0.481 e. The first-order chi connectivity index (χ1) is 9.78. The lowest BCUT2D eigenvalue weighted by Crippen LogP contribution is -2.14. The molecule has 21 heavy (non-hydrogen) atoms. The summed E-state index contributed by atoms with van der Waals surface area (Å²) in [5.74, 6) is 0.594. The van der Waals surface area contributed by atoms with Gasteiger partial charge in [-0.25, -0.2) is 0 Å². The molecule has 0 spiro atoms. The van der Waals surface area contributed by atoms with Crippen LogP contribution in [0.5, 0.6) is 0 Å². The third-order valence-corrected chi connectivity index (χ3v) is 3.12. The lowest BCUT2D eigenvalue weighted by molar-refractivity contribution is -0.142. The maximum Gasteiger partial charge on any atom is 0.306 e. The van der Waals surface area contributed by atoms with E-state index in [0.717, 1.165) is 19.3 Å². The summed E-state index contributed by atoms with van der Waals surface area (Å²) >= 11 is 0. The summed E-state index contributed by atoms with van der Waals surface area (Å²) in [5, 5.41) is 17.6. The lowest BCUT2D eigenvalue weighted by Gasteiger charge is -2.13. The van der Waals surface area contributed by atoms with E-state index in [9.17, 15) is 4.79 Å². The van der Waals surface area contributed by atoms with E-state index in [1.54, 1.807) is 6.08 Å². The van der Waals surface area contributed by atoms with E-state index in [2.05, 4.69) is 27.0 Å². The zero-order chi connectivity index (χ0) is 16.8. The van der Waals surface area contributed by atoms with Gasteiger partial charge in [-0.3, -0.25) is 4.79 Å². The number of hydrogen-bond acceptors (Lipinski definition) is 2. The van der Waals surface area contributed by atoms with E-state index in [-0.39, 0.29) is 5.92 Å². The summed E-state index contributed by atoms with van der Waals surface area (Å²) < 4.78 is 0. The first-order valence-corrected chi connectivity index (χ1v) is 7.83. The van der Waals surface area contributed by atoms with Crippen LogP contribution in [-0.4, -0.2) is 22.8 Å². The molecular formula is C18H34O3. The van der Waals surface area contributed by atoms with Gasteiger partial charge in [0.05, 0.1) is 5.92 Å². The van der Waals surface area contributed by atoms with Crippen molar-refractivity contribution in [3.05, 3.63) is 25.3 Å². The predicted molar refractivity (Wildman–Crippen MR) is 90.2 cm³/mol. The molecule has 0 bridgehead atoms. The topological polar surface area (TPSA) is 57.5 Å². The quantitative estimate of drug-likeness (QED) is 0.583. The average Bonchev–Trinajstić information content (AvgIpc) is 2.37. The molecule has 3 heteroatoms. The smallest absolute Gasteiger partial charge is 0.306 e. The monoisotopic (exact) mass is 298 g/mol. The molecule has 2 atom stereocenters. The Morgan fingerprint density at radius 1 is 1.00 bits per heavy atom. The van der Waals surface area contributed by atoms with Gasteiger partial charge in [-0.1, -0.05) is 39.8 Å². The van der Waals surface area contributed by atoms with Gasteiger partial charge in [-0.2, -0.15) is 0 Å². The summed E-state index contributed by atoms with van der Waals surface area (Å²) in [4.78, 5) is 10.6. The second kappa shape index (κ2) is 13.9. The Bertz CT molecular complexity index is 282. The van der Waals surface area contributed by atoms with Gasteiger partial charge in [0.15, 0.2) is 0 Å². The molecule has 0 rings (SSSR count). The molecule has 2 unspecified atom stereocenters. The van der Waals surface area contributed by atoms with Crippen LogP contribution in [0, 0.1) is 23.7 Å². The van der Waals surface area contributed by atoms with Crippen molar-refractivity contribution in [2.75, 3.05) is 6.61 Å². The molecule has 124 valence electrons. The van der Waals surface area contributed by atoms with Crippen LogP contribution in [-0.2, 0) is 4.79 Å². The molecule has 0 aliphatic rings. The fraction of sp³-hybridized carbons (Fsp3) is 0.722. The van der Waals surface area contributed by atoms with Crippen molar-refractivity contribution in [2.45, 2.75) is 53.4 Å². The summed E-state index contributed by atoms with van der Waals surface area (Å²) in [7, 11) is 0. The molecule has 0 aliphatic heterocycles. The molecule has 0 fully saturated rings. The van der Waals surface area contributed by atoms with Crippen LogP contribution in [0.2, 0.25) is 0 Å². The van der Waals surface area contributed by atoms with Crippen LogP contribution in [0.1, 0.15) is 53.4 Å². The Morgan fingerprint density at radius 2 is 1.48 bits per heavy atom. The van der Waals surface area contributed by atoms with Crippen molar-refractivity contribution in [3.8, 4) is 0 Å². The second-order valence-electron chi connectivity index (χ2n) is 6.39. The van der Waals surface area contributed by atoms with Crippen molar-refractivity contribution in [3.63, 3.8) is 0 Å². The van der Waals surface area contributed by atoms with Crippen molar-refractivity contribution in [1.29, 1.82) is 0 Å². The third kappa shape index (κ3) is 15.1. The molecule has 0 aromatic heterocycles. The Morgan fingerprint density at radius 3 is 1.76 bits per heavy atom. The molecule has 0 saturated carbocycles. The highest BCUT2D eigenvalue weighted by molar-refractivity contribution is 5.70. The van der Waals surface area contributed by atoms with E-state index >= 15 is 0 Å². The van der Waals surface area contributed by atoms with Crippen LogP contribution in [0.4, 0.5) is 0 Å². The first-order valence-electron chi connectivity index (χ1n) is 7.83. The molecule has 0 radical (unpaired) electrons. The van der Waals surface area contributed by atoms with Crippen LogP contribution in [0.25, 0.3) is 0 Å². The van der Waals surface area contributed by atoms with E-state index in [4.69, 9.17) is 10.2 Å². The molecule has 3 nitrogen and oxygen atoms in total. The Balaban J connectivity index is 0. The number of carbonyl (C=O) groups is 1. The Kier molecular flexibility index (Phi) is 14.7. The maximum atomic E-state index is 10.6. The first kappa shape index (κ1) is 22.2. The third-order valence-electron chi connectivity index (χ3n) is 3.12. The fourth-order valence-electron chi connectivity index (χ4n) is 2.22. The van der Waals surface area contributed by atoms with E-state index in [1.807, 2.05) is 19.9 Å². The maximum absolute atomic E-state index is 10.6. The number of hydrogen-bond donors (Lipinski definition) is 2. The van der Waals surface area contributed by atoms with Crippen molar-refractivity contribution >= 4 is 5.97 Å². The highest BCUT2D eigenvalue weighted by Crippen LogP contribution is 2.15. The molecule has 0 amide bonds. The SMILES string of the molecule is C=CCC(CC(C)C)C(=O)O.C=CCC(CO)CC(C)C. The minimum Gasteiger partial charge on any atom is -0.481 e. The molecule has 2 N–H and O–H groups in total. The number of carboxylic acids is 1. The summed E-state index contributed by atoms with van der Waals surface area (Å²) in [6.45, 7) is 15.9. The number of aliphatic hydroxyl groups is 1. The highest BCUT2D eigenvalue weighted by atomic mass is 16.4. The van der Waals surface area contributed by atoms with Gasteiger partial charge in [-0.05, 0) is 43.4 Å². The van der Waals surface area contributed by atoms with Gasteiger partial charge >= 0.3 is 5.97 Å². The average molecular weight is 298 g/mol. The standard InChI is InChI=1S/C9H16O2.C9H18O/c1-4-5-8(9(10)11)6-7(2)3;1-4-5-9(7-10)6-8(2)3/h4,7-8H,1,5-6H2,2-3H3,(H,10,11);4,8-10H,1,5-7H2,2-3H3. The van der Waals surface area contributed by atoms with Crippen LogP contribution in [0.15, 0.2) is 25.3 Å². The fourth-order valence-corrected chi connectivity index (χ4v) is 2.22. The van der Waals surface area contributed by atoms with Crippen molar-refractivity contribution < 1.29 is 15.0 Å². The normalized spacial score (nSPS) is 13.3. The Hall–Kier alpha value is -1.09. The van der Waals surface area contributed by atoms with Gasteiger partial charge in [0.25, 0.3) is 0 Å². The van der Waals surface area contributed by atoms with Gasteiger partial charge < -0.3 is 10.2 Å². The predicted octanol–water partition coefficient (Wildman–Crippen LogP) is 4.53. The number of aliphatic carboxylic acids is 1. The van der Waals surface area contributed by atoms with Gasteiger partial charge in [0.2, 0.25) is 0 Å². The van der Waals surface area contributed by atoms with E-state index in [1.165, 1.54) is 0 Å². The molecule has 0 aromatic rings. The minimum atomic E-state index is -0.710. The minimum absolute atomic E-state index is 0.243. The van der Waals surface area contributed by atoms with Gasteiger partial charge in [0.1, 0.15) is 0 Å². The Labute approximate surface area is 130 Å². The van der Waals surface area contributed by atoms with E-state index in [0.29, 0.717) is 30.8 Å². The molecular weight excluding hydrogens is 264 g/mol.